The zero-order valence-corrected chi connectivity index (χ0v) is 15.1. The molecule has 0 aromatic heterocycles. The molecule has 26 heavy (non-hydrogen) atoms. The summed E-state index contributed by atoms with van der Waals surface area (Å²) in [5.41, 5.74) is 2.67. The van der Waals surface area contributed by atoms with Crippen LogP contribution in [0.2, 0.25) is 0 Å². The maximum atomic E-state index is 13.3. The normalized spacial score (nSPS) is 11.7. The fourth-order valence-electron chi connectivity index (χ4n) is 2.32. The van der Waals surface area contributed by atoms with Crippen LogP contribution in [0.3, 0.4) is 0 Å². The van der Waals surface area contributed by atoms with Gasteiger partial charge in [0.25, 0.3) is 0 Å². The molecule has 3 aromatic carbocycles. The summed E-state index contributed by atoms with van der Waals surface area (Å²) >= 11 is 1.45. The molecule has 0 radical (unpaired) electrons. The van der Waals surface area contributed by atoms with Crippen molar-refractivity contribution in [3.05, 3.63) is 102 Å². The minimum absolute atomic E-state index is 0.239. The Balaban J connectivity index is 1.87. The van der Waals surface area contributed by atoms with Crippen molar-refractivity contribution in [3.63, 3.8) is 0 Å². The lowest BCUT2D eigenvalue weighted by atomic mass is 10.1. The van der Waals surface area contributed by atoms with Gasteiger partial charge in [0.05, 0.1) is 18.5 Å². The highest BCUT2D eigenvalue weighted by Gasteiger charge is 2.02. The van der Waals surface area contributed by atoms with Gasteiger partial charge in [-0.15, -0.1) is 0 Å². The van der Waals surface area contributed by atoms with Crippen LogP contribution in [-0.4, -0.2) is 12.8 Å². The van der Waals surface area contributed by atoms with E-state index in [4.69, 9.17) is 9.73 Å². The molecule has 4 heteroatoms. The number of rotatable bonds is 6. The van der Waals surface area contributed by atoms with Gasteiger partial charge in [0.15, 0.2) is 0 Å². The van der Waals surface area contributed by atoms with E-state index in [0.29, 0.717) is 0 Å². The number of para-hydroxylation sites is 1. The molecule has 0 aliphatic rings. The van der Waals surface area contributed by atoms with Gasteiger partial charge in [-0.05, 0) is 66.1 Å². The SMILES string of the molecule is COc1ccc(C(C=CSc2cccc(F)c2)=Nc2ccccc2)cc1. The molecule has 0 spiro atoms. The molecule has 130 valence electrons. The second-order valence-electron chi connectivity index (χ2n) is 5.44. The first kappa shape index (κ1) is 18.0. The monoisotopic (exact) mass is 363 g/mol. The lowest BCUT2D eigenvalue weighted by Gasteiger charge is -2.05. The molecule has 0 fully saturated rings. The molecule has 0 N–H and O–H groups in total. The van der Waals surface area contributed by atoms with E-state index in [2.05, 4.69) is 0 Å². The van der Waals surface area contributed by atoms with Crippen LogP contribution in [0, 0.1) is 5.82 Å². The van der Waals surface area contributed by atoms with E-state index in [1.165, 1.54) is 23.9 Å². The molecule has 2 nitrogen and oxygen atoms in total. The first-order valence-corrected chi connectivity index (χ1v) is 8.99. The smallest absolute Gasteiger partial charge is 0.124 e. The van der Waals surface area contributed by atoms with Crippen LogP contribution >= 0.6 is 11.8 Å². The van der Waals surface area contributed by atoms with Gasteiger partial charge < -0.3 is 4.74 Å². The van der Waals surface area contributed by atoms with Gasteiger partial charge in [0.1, 0.15) is 11.6 Å². The summed E-state index contributed by atoms with van der Waals surface area (Å²) < 4.78 is 18.5. The largest absolute Gasteiger partial charge is 0.497 e. The molecular weight excluding hydrogens is 345 g/mol. The maximum Gasteiger partial charge on any atom is 0.124 e. The zero-order chi connectivity index (χ0) is 18.2. The van der Waals surface area contributed by atoms with Crippen molar-refractivity contribution in [2.45, 2.75) is 4.90 Å². The minimum atomic E-state index is -0.239. The summed E-state index contributed by atoms with van der Waals surface area (Å²) in [6, 6.07) is 24.1. The van der Waals surface area contributed by atoms with Gasteiger partial charge >= 0.3 is 0 Å². The third-order valence-corrected chi connectivity index (χ3v) is 4.42. The maximum absolute atomic E-state index is 13.3. The van der Waals surface area contributed by atoms with Crippen LogP contribution < -0.4 is 4.74 Å². The number of methoxy groups -OCH3 is 1. The van der Waals surface area contributed by atoms with Crippen LogP contribution in [0.25, 0.3) is 0 Å². The Morgan fingerprint density at radius 2 is 1.73 bits per heavy atom. The molecule has 3 rings (SSSR count). The molecule has 3 aromatic rings. The Labute approximate surface area is 157 Å². The van der Waals surface area contributed by atoms with Gasteiger partial charge in [-0.1, -0.05) is 36.0 Å². The summed E-state index contributed by atoms with van der Waals surface area (Å²) in [5, 5.41) is 1.92. The summed E-state index contributed by atoms with van der Waals surface area (Å²) in [6.07, 6.45) is 1.93. The Morgan fingerprint density at radius 3 is 2.42 bits per heavy atom. The predicted octanol–water partition coefficient (Wildman–Crippen LogP) is 6.26. The molecule has 0 aliphatic heterocycles. The number of benzene rings is 3. The second kappa shape index (κ2) is 9.02. The minimum Gasteiger partial charge on any atom is -0.497 e. The van der Waals surface area contributed by atoms with Crippen molar-refractivity contribution in [1.82, 2.24) is 0 Å². The third-order valence-electron chi connectivity index (χ3n) is 3.62. The fraction of sp³-hybridized carbons (Fsp3) is 0.0455. The molecule has 0 saturated carbocycles. The van der Waals surface area contributed by atoms with Crippen LogP contribution in [0.4, 0.5) is 10.1 Å². The van der Waals surface area contributed by atoms with E-state index in [1.807, 2.05) is 72.1 Å². The van der Waals surface area contributed by atoms with Crippen LogP contribution in [-0.2, 0) is 0 Å². The Hall–Kier alpha value is -2.85. The summed E-state index contributed by atoms with van der Waals surface area (Å²) in [6.45, 7) is 0. The average Bonchev–Trinajstić information content (AvgIpc) is 2.68. The second-order valence-corrected chi connectivity index (χ2v) is 6.42. The highest BCUT2D eigenvalue weighted by atomic mass is 32.2. The number of thioether (sulfide) groups is 1. The fourth-order valence-corrected chi connectivity index (χ4v) is 3.01. The lowest BCUT2D eigenvalue weighted by molar-refractivity contribution is 0.415. The highest BCUT2D eigenvalue weighted by molar-refractivity contribution is 8.02. The van der Waals surface area contributed by atoms with Crippen molar-refractivity contribution in [3.8, 4) is 5.75 Å². The molecule has 0 heterocycles. The van der Waals surface area contributed by atoms with Gasteiger partial charge in [0.2, 0.25) is 0 Å². The van der Waals surface area contributed by atoms with E-state index >= 15 is 0 Å². The van der Waals surface area contributed by atoms with Crippen LogP contribution in [0.15, 0.2) is 100 Å². The van der Waals surface area contributed by atoms with Gasteiger partial charge in [-0.25, -0.2) is 9.38 Å². The molecule has 0 atom stereocenters. The first-order chi connectivity index (χ1) is 12.7. The number of aliphatic imine (C=N–C) groups is 1. The molecule has 0 bridgehead atoms. The van der Waals surface area contributed by atoms with E-state index < -0.39 is 0 Å². The zero-order valence-electron chi connectivity index (χ0n) is 14.3. The molecule has 0 amide bonds. The summed E-state index contributed by atoms with van der Waals surface area (Å²) in [4.78, 5) is 5.58. The van der Waals surface area contributed by atoms with E-state index in [1.54, 1.807) is 13.2 Å². The van der Waals surface area contributed by atoms with E-state index in [-0.39, 0.29) is 5.82 Å². The quantitative estimate of drug-likeness (QED) is 0.381. The molecule has 0 unspecified atom stereocenters. The van der Waals surface area contributed by atoms with Gasteiger partial charge in [0, 0.05) is 10.5 Å². The number of allylic oxidation sites excluding steroid dienone is 1. The Kier molecular flexibility index (Phi) is 6.23. The van der Waals surface area contributed by atoms with Crippen LogP contribution in [0.1, 0.15) is 5.56 Å². The van der Waals surface area contributed by atoms with Gasteiger partial charge in [-0.3, -0.25) is 0 Å². The summed E-state index contributed by atoms with van der Waals surface area (Å²) in [7, 11) is 1.64. The number of hydrogen-bond donors (Lipinski definition) is 0. The Bertz CT molecular complexity index is 905. The van der Waals surface area contributed by atoms with Crippen molar-refractivity contribution < 1.29 is 9.13 Å². The lowest BCUT2D eigenvalue weighted by Crippen LogP contribution is -1.96. The number of ether oxygens (including phenoxy) is 1. The number of halogens is 1. The molecular formula is C22H18FNOS. The van der Waals surface area contributed by atoms with Crippen molar-refractivity contribution in [2.75, 3.05) is 7.11 Å². The summed E-state index contributed by atoms with van der Waals surface area (Å²) in [5.74, 6) is 0.558. The standard InChI is InChI=1S/C22H18FNOS/c1-25-20-12-10-17(11-13-20)22(24-19-7-3-2-4-8-19)14-15-26-21-9-5-6-18(23)16-21/h2-16H,1H3. The van der Waals surface area contributed by atoms with E-state index in [9.17, 15) is 4.39 Å². The van der Waals surface area contributed by atoms with E-state index in [0.717, 1.165) is 27.6 Å². The van der Waals surface area contributed by atoms with Crippen molar-refractivity contribution in [2.24, 2.45) is 4.99 Å². The topological polar surface area (TPSA) is 21.6 Å². The van der Waals surface area contributed by atoms with Crippen LogP contribution in [0.5, 0.6) is 5.75 Å². The molecule has 0 aliphatic carbocycles. The number of hydrogen-bond acceptors (Lipinski definition) is 3. The number of nitrogens with zero attached hydrogens (tertiary/aromatic N) is 1. The molecule has 0 saturated heterocycles. The predicted molar refractivity (Wildman–Crippen MR) is 107 cm³/mol. The third kappa shape index (κ3) is 5.07. The van der Waals surface area contributed by atoms with Gasteiger partial charge in [-0.2, -0.15) is 0 Å². The highest BCUT2D eigenvalue weighted by Crippen LogP contribution is 2.22. The average molecular weight is 363 g/mol. The van der Waals surface area contributed by atoms with Crippen molar-refractivity contribution >= 4 is 23.2 Å². The Morgan fingerprint density at radius 1 is 0.962 bits per heavy atom. The first-order valence-electron chi connectivity index (χ1n) is 8.11. The van der Waals surface area contributed by atoms with Crippen molar-refractivity contribution in [1.29, 1.82) is 0 Å².